The summed E-state index contributed by atoms with van der Waals surface area (Å²) in [6.07, 6.45) is -2.87. The highest BCUT2D eigenvalue weighted by Gasteiger charge is 2.43. The molecular weight excluding hydrogens is 1220 g/mol. The molecule has 3 heterocycles. The molecule has 0 radical (unpaired) electrons. The Morgan fingerprint density at radius 1 is 0.375 bits per heavy atom. The molecule has 0 N–H and O–H groups in total. The quantitative estimate of drug-likeness (QED) is 0.0454. The lowest BCUT2D eigenvalue weighted by molar-refractivity contribution is -0.176. The van der Waals surface area contributed by atoms with E-state index in [9.17, 15) is 28.8 Å². The van der Waals surface area contributed by atoms with Gasteiger partial charge in [0.05, 0.1) is 24.5 Å². The average Bonchev–Trinajstić information content (AvgIpc) is 1.09. The van der Waals surface area contributed by atoms with Crippen LogP contribution in [0.2, 0.25) is 0 Å². The van der Waals surface area contributed by atoms with Gasteiger partial charge in [-0.3, -0.25) is 28.5 Å². The second kappa shape index (κ2) is 34.9. The standard InChI is InChI=1S/C74H96N8O14/c1-47(2)37-61-71(87)93-51(9)67(83)77(11)64(40-50(7)8)74(90)96-66(42-54-27-31-56(32-28-54)44-82-58(34-36-76-82)46-92-60-23-19-16-20-24-60)70(86)80(14)62(38-48(3)4)72(88)94-52(10)68(84)78(12)63(39-49(5)6)73(89)95-65(69(85)79(61)13)41-53-25-29-55(30-26-53)43-81-57(33-35-75-81)45-91-59-21-17-15-18-22-59/h15-36,47-52,61-66H,37-46H2,1-14H3/t51-,52-,61+,62?,63+,64+,65-,66-/m1/s1. The highest BCUT2D eigenvalue weighted by Crippen LogP contribution is 2.26. The van der Waals surface area contributed by atoms with Crippen LogP contribution in [0.25, 0.3) is 0 Å². The Labute approximate surface area is 564 Å². The van der Waals surface area contributed by atoms with Crippen molar-refractivity contribution in [2.45, 2.75) is 183 Å². The van der Waals surface area contributed by atoms with E-state index in [1.165, 1.54) is 42.0 Å². The molecule has 1 unspecified atom stereocenters. The van der Waals surface area contributed by atoms with Crippen molar-refractivity contribution in [1.29, 1.82) is 0 Å². The van der Waals surface area contributed by atoms with Crippen LogP contribution in [0.15, 0.2) is 134 Å². The Morgan fingerprint density at radius 3 is 0.958 bits per heavy atom. The highest BCUT2D eigenvalue weighted by molar-refractivity contribution is 5.94. The topological polar surface area (TPSA) is 241 Å². The third kappa shape index (κ3) is 20.8. The van der Waals surface area contributed by atoms with E-state index >= 15 is 9.59 Å². The molecule has 0 aliphatic carbocycles. The van der Waals surface area contributed by atoms with E-state index in [2.05, 4.69) is 10.2 Å². The second-order valence-electron chi connectivity index (χ2n) is 26.6. The number of benzene rings is 4. The first-order valence-electron chi connectivity index (χ1n) is 33.1. The van der Waals surface area contributed by atoms with E-state index in [-0.39, 0.29) is 75.4 Å². The lowest BCUT2D eigenvalue weighted by atomic mass is 9.99. The van der Waals surface area contributed by atoms with Crippen molar-refractivity contribution >= 4 is 47.5 Å². The third-order valence-electron chi connectivity index (χ3n) is 16.9. The van der Waals surface area contributed by atoms with Crippen LogP contribution in [0, 0.1) is 23.7 Å². The fourth-order valence-corrected chi connectivity index (χ4v) is 11.4. The predicted molar refractivity (Wildman–Crippen MR) is 359 cm³/mol. The van der Waals surface area contributed by atoms with E-state index in [1.807, 2.05) is 162 Å². The molecule has 22 heteroatoms. The first-order valence-corrected chi connectivity index (χ1v) is 33.1. The SMILES string of the molecule is CC(C)CC1C(=O)O[C@H](C)C(=O)N(C)[C@@H](CC(C)C)C(=O)O[C@H](Cc2ccc(Cn3nccc3COc3ccccc3)cc2)C(=O)N(C)[C@@H](CC(C)C)C(=O)O[C@H](C)C(=O)N(C)[C@@H](CC(C)C)C(=O)O[C@H](Cc2ccc(Cn3nccc3COc3ccccc3)cc2)C(=O)N1C. The normalized spacial score (nSPS) is 21.2. The zero-order valence-electron chi connectivity index (χ0n) is 58.0. The first-order chi connectivity index (χ1) is 45.7. The predicted octanol–water partition coefficient (Wildman–Crippen LogP) is 9.31. The molecule has 2 aromatic heterocycles. The molecule has 7 rings (SSSR count). The molecule has 22 nitrogen and oxygen atoms in total. The Bertz CT molecular complexity index is 3290. The molecule has 1 aliphatic heterocycles. The number of aromatic nitrogens is 4. The van der Waals surface area contributed by atoms with E-state index in [1.54, 1.807) is 36.7 Å². The van der Waals surface area contributed by atoms with Gasteiger partial charge < -0.3 is 48.0 Å². The van der Waals surface area contributed by atoms with Crippen molar-refractivity contribution in [1.82, 2.24) is 39.2 Å². The number of cyclic esters (lactones) is 4. The van der Waals surface area contributed by atoms with Crippen LogP contribution >= 0.6 is 0 Å². The van der Waals surface area contributed by atoms with Crippen molar-refractivity contribution in [2.24, 2.45) is 23.7 Å². The molecular formula is C74H96N8O14. The average molecular weight is 1320 g/mol. The summed E-state index contributed by atoms with van der Waals surface area (Å²) in [6.45, 7) is 18.9. The van der Waals surface area contributed by atoms with E-state index < -0.39 is 96.1 Å². The maximum atomic E-state index is 15.2. The summed E-state index contributed by atoms with van der Waals surface area (Å²) in [7, 11) is 5.57. The summed E-state index contributed by atoms with van der Waals surface area (Å²) in [6, 6.07) is 32.0. The molecule has 6 aromatic rings. The van der Waals surface area contributed by atoms with Gasteiger partial charge in [-0.05, 0) is 122 Å². The summed E-state index contributed by atoms with van der Waals surface area (Å²) in [5.74, 6) is -6.23. The van der Waals surface area contributed by atoms with Crippen LogP contribution in [-0.2, 0) is 96.4 Å². The van der Waals surface area contributed by atoms with E-state index in [4.69, 9.17) is 28.4 Å². The smallest absolute Gasteiger partial charge is 0.329 e. The number of carbonyl (C=O) groups is 8. The number of para-hydroxylation sites is 2. The number of rotatable bonds is 22. The molecule has 1 aliphatic rings. The van der Waals surface area contributed by atoms with Crippen LogP contribution in [0.4, 0.5) is 0 Å². The maximum Gasteiger partial charge on any atom is 0.329 e. The molecule has 0 bridgehead atoms. The van der Waals surface area contributed by atoms with Gasteiger partial charge in [0.25, 0.3) is 23.6 Å². The lowest BCUT2D eigenvalue weighted by Crippen LogP contribution is -2.55. The van der Waals surface area contributed by atoms with Crippen molar-refractivity contribution in [3.05, 3.63) is 167 Å². The van der Waals surface area contributed by atoms with Gasteiger partial charge in [-0.2, -0.15) is 10.2 Å². The molecule has 1 saturated heterocycles. The fourth-order valence-electron chi connectivity index (χ4n) is 11.4. The van der Waals surface area contributed by atoms with Gasteiger partial charge in [-0.15, -0.1) is 0 Å². The third-order valence-corrected chi connectivity index (χ3v) is 16.9. The summed E-state index contributed by atoms with van der Waals surface area (Å²) >= 11 is 0. The Balaban J connectivity index is 1.21. The summed E-state index contributed by atoms with van der Waals surface area (Å²) in [5.41, 5.74) is 4.58. The number of nitrogens with zero attached hydrogens (tertiary/aromatic N) is 8. The van der Waals surface area contributed by atoms with E-state index in [0.29, 0.717) is 35.7 Å². The molecule has 0 saturated carbocycles. The Hall–Kier alpha value is -9.34. The summed E-state index contributed by atoms with van der Waals surface area (Å²) in [5, 5.41) is 9.03. The van der Waals surface area contributed by atoms with Gasteiger partial charge in [0.2, 0.25) is 0 Å². The molecule has 8 atom stereocenters. The number of likely N-dealkylation sites (N-methyl/N-ethyl adjacent to an activating group) is 4. The van der Waals surface area contributed by atoms with Crippen LogP contribution in [0.5, 0.6) is 11.5 Å². The molecule has 1 fully saturated rings. The second-order valence-corrected chi connectivity index (χ2v) is 26.6. The van der Waals surface area contributed by atoms with Crippen molar-refractivity contribution in [3.8, 4) is 11.5 Å². The number of hydrogen-bond acceptors (Lipinski definition) is 16. The van der Waals surface area contributed by atoms with Gasteiger partial charge in [-0.25, -0.2) is 19.2 Å². The minimum Gasteiger partial charge on any atom is -0.487 e. The highest BCUT2D eigenvalue weighted by atomic mass is 16.6. The molecule has 4 aromatic carbocycles. The number of carbonyl (C=O) groups excluding carboxylic acids is 8. The zero-order valence-corrected chi connectivity index (χ0v) is 58.0. The number of hydrogen-bond donors (Lipinski definition) is 0. The molecule has 516 valence electrons. The van der Waals surface area contributed by atoms with Crippen molar-refractivity contribution in [3.63, 3.8) is 0 Å². The molecule has 0 spiro atoms. The minimum atomic E-state index is -1.57. The Kier molecular flexibility index (Phi) is 26.9. The molecule has 4 amide bonds. The van der Waals surface area contributed by atoms with Gasteiger partial charge in [0, 0.05) is 53.4 Å². The zero-order chi connectivity index (χ0) is 69.9. The first kappa shape index (κ1) is 74.1. The maximum absolute atomic E-state index is 15.2. The van der Waals surface area contributed by atoms with Gasteiger partial charge in [0.1, 0.15) is 48.9 Å². The van der Waals surface area contributed by atoms with Crippen LogP contribution < -0.4 is 9.47 Å². The molecule has 96 heavy (non-hydrogen) atoms. The Morgan fingerprint density at radius 2 is 0.656 bits per heavy atom. The summed E-state index contributed by atoms with van der Waals surface area (Å²) in [4.78, 5) is 124. The lowest BCUT2D eigenvalue weighted by Gasteiger charge is -2.35. The van der Waals surface area contributed by atoms with E-state index in [0.717, 1.165) is 42.1 Å². The fraction of sp³-hybridized carbons (Fsp3) is 0.486. The van der Waals surface area contributed by atoms with Gasteiger partial charge >= 0.3 is 23.9 Å². The largest absolute Gasteiger partial charge is 0.487 e. The van der Waals surface area contributed by atoms with Gasteiger partial charge in [-0.1, -0.05) is 140 Å². The van der Waals surface area contributed by atoms with Crippen LogP contribution in [0.1, 0.15) is 129 Å². The number of esters is 4. The number of amides is 4. The van der Waals surface area contributed by atoms with Crippen LogP contribution in [-0.4, -0.2) is 163 Å². The van der Waals surface area contributed by atoms with Crippen molar-refractivity contribution < 1.29 is 66.8 Å². The summed E-state index contributed by atoms with van der Waals surface area (Å²) < 4.78 is 40.1. The minimum absolute atomic E-state index is 0.0611. The van der Waals surface area contributed by atoms with Crippen LogP contribution in [0.3, 0.4) is 0 Å². The van der Waals surface area contributed by atoms with Gasteiger partial charge in [0.15, 0.2) is 24.4 Å². The van der Waals surface area contributed by atoms with Crippen molar-refractivity contribution in [2.75, 3.05) is 28.2 Å². The number of ether oxygens (including phenoxy) is 6. The monoisotopic (exact) mass is 1320 g/mol.